The van der Waals surface area contributed by atoms with Crippen molar-refractivity contribution in [1.82, 2.24) is 5.32 Å². The van der Waals surface area contributed by atoms with Crippen molar-refractivity contribution in [2.24, 2.45) is 0 Å². The van der Waals surface area contributed by atoms with E-state index < -0.39 is 17.8 Å². The first-order valence-electron chi connectivity index (χ1n) is 8.53. The van der Waals surface area contributed by atoms with Crippen molar-refractivity contribution in [3.63, 3.8) is 0 Å². The van der Waals surface area contributed by atoms with Gasteiger partial charge in [0.05, 0.1) is 25.0 Å². The Hall–Kier alpha value is -2.61. The number of esters is 1. The van der Waals surface area contributed by atoms with E-state index in [4.69, 9.17) is 9.15 Å². The zero-order valence-electron chi connectivity index (χ0n) is 14.4. The van der Waals surface area contributed by atoms with Crippen LogP contribution in [-0.2, 0) is 33.7 Å². The standard InChI is InChI=1S/C18H20N2O5S/c1-2-24-18(23)14-12-7-3-4-8-13(12)26-17(14)20-16(22)15(21)19-10-11-6-5-9-25-11/h5-6,9H,2-4,7-8,10H2,1H3,(H,19,21)(H,20,22). The molecule has 138 valence electrons. The maximum Gasteiger partial charge on any atom is 0.341 e. The first-order valence-corrected chi connectivity index (χ1v) is 9.35. The molecule has 1 aliphatic rings. The highest BCUT2D eigenvalue weighted by molar-refractivity contribution is 7.17. The molecule has 7 nitrogen and oxygen atoms in total. The number of anilines is 1. The summed E-state index contributed by atoms with van der Waals surface area (Å²) in [5, 5.41) is 5.44. The fourth-order valence-electron chi connectivity index (χ4n) is 2.89. The van der Waals surface area contributed by atoms with E-state index in [2.05, 4.69) is 10.6 Å². The van der Waals surface area contributed by atoms with Gasteiger partial charge < -0.3 is 19.8 Å². The van der Waals surface area contributed by atoms with Gasteiger partial charge in [-0.05, 0) is 50.3 Å². The molecule has 0 fully saturated rings. The second-order valence-electron chi connectivity index (χ2n) is 5.85. The average molecular weight is 376 g/mol. The van der Waals surface area contributed by atoms with Crippen LogP contribution in [0.4, 0.5) is 5.00 Å². The van der Waals surface area contributed by atoms with Crippen LogP contribution in [0, 0.1) is 0 Å². The molecule has 0 spiro atoms. The molecular weight excluding hydrogens is 356 g/mol. The molecule has 2 amide bonds. The Labute approximate surface area is 154 Å². The average Bonchev–Trinajstić information content (AvgIpc) is 3.26. The van der Waals surface area contributed by atoms with Gasteiger partial charge in [0.25, 0.3) is 0 Å². The van der Waals surface area contributed by atoms with Crippen LogP contribution in [0.25, 0.3) is 0 Å². The highest BCUT2D eigenvalue weighted by Crippen LogP contribution is 2.38. The minimum atomic E-state index is -0.819. The lowest BCUT2D eigenvalue weighted by Crippen LogP contribution is -2.35. The van der Waals surface area contributed by atoms with Crippen LogP contribution < -0.4 is 10.6 Å². The van der Waals surface area contributed by atoms with Crippen molar-refractivity contribution in [2.45, 2.75) is 39.2 Å². The molecule has 2 N–H and O–H groups in total. The number of furan rings is 1. The number of nitrogens with one attached hydrogen (secondary N) is 2. The molecule has 0 saturated carbocycles. The van der Waals surface area contributed by atoms with E-state index in [1.807, 2.05) is 0 Å². The first-order chi connectivity index (χ1) is 12.6. The predicted octanol–water partition coefficient (Wildman–Crippen LogP) is 2.65. The SMILES string of the molecule is CCOC(=O)c1c(NC(=O)C(=O)NCc2ccco2)sc2c1CCCC2. The van der Waals surface area contributed by atoms with Gasteiger partial charge in [-0.3, -0.25) is 9.59 Å². The molecule has 2 aromatic rings. The molecule has 26 heavy (non-hydrogen) atoms. The first kappa shape index (κ1) is 18.2. The third-order valence-electron chi connectivity index (χ3n) is 4.09. The Kier molecular flexibility index (Phi) is 5.72. The highest BCUT2D eigenvalue weighted by Gasteiger charge is 2.28. The van der Waals surface area contributed by atoms with E-state index in [0.717, 1.165) is 36.1 Å². The second kappa shape index (κ2) is 8.18. The molecule has 2 aromatic heterocycles. The van der Waals surface area contributed by atoms with E-state index in [0.29, 0.717) is 16.3 Å². The van der Waals surface area contributed by atoms with Gasteiger partial charge in [0.2, 0.25) is 0 Å². The van der Waals surface area contributed by atoms with Crippen LogP contribution in [0.3, 0.4) is 0 Å². The molecule has 0 atom stereocenters. The normalized spacial score (nSPS) is 13.0. The molecule has 0 radical (unpaired) electrons. The zero-order chi connectivity index (χ0) is 18.5. The Morgan fingerprint density at radius 2 is 2.04 bits per heavy atom. The molecule has 2 heterocycles. The van der Waals surface area contributed by atoms with Gasteiger partial charge in [0.15, 0.2) is 0 Å². The summed E-state index contributed by atoms with van der Waals surface area (Å²) in [6.45, 7) is 2.10. The molecule has 0 unspecified atom stereocenters. The van der Waals surface area contributed by atoms with Crippen LogP contribution in [0.15, 0.2) is 22.8 Å². The lowest BCUT2D eigenvalue weighted by molar-refractivity contribution is -0.136. The number of hydrogen-bond donors (Lipinski definition) is 2. The van der Waals surface area contributed by atoms with Crippen LogP contribution in [0.2, 0.25) is 0 Å². The maximum atomic E-state index is 12.4. The summed E-state index contributed by atoms with van der Waals surface area (Å²) in [5.74, 6) is -1.52. The summed E-state index contributed by atoms with van der Waals surface area (Å²) in [5.41, 5.74) is 1.32. The Morgan fingerprint density at radius 3 is 2.77 bits per heavy atom. The molecule has 3 rings (SSSR count). The number of rotatable bonds is 5. The molecule has 0 saturated heterocycles. The summed E-state index contributed by atoms with van der Waals surface area (Å²) in [6.07, 6.45) is 5.18. The third kappa shape index (κ3) is 3.96. The fraction of sp³-hybridized carbons (Fsp3) is 0.389. The van der Waals surface area contributed by atoms with Gasteiger partial charge >= 0.3 is 17.8 Å². The molecule has 0 aliphatic heterocycles. The van der Waals surface area contributed by atoms with Crippen molar-refractivity contribution >= 4 is 34.1 Å². The van der Waals surface area contributed by atoms with Crippen LogP contribution in [-0.4, -0.2) is 24.4 Å². The number of amides is 2. The van der Waals surface area contributed by atoms with Crippen LogP contribution in [0.5, 0.6) is 0 Å². The van der Waals surface area contributed by atoms with E-state index in [1.54, 1.807) is 19.1 Å². The Morgan fingerprint density at radius 1 is 1.23 bits per heavy atom. The minimum absolute atomic E-state index is 0.116. The van der Waals surface area contributed by atoms with Gasteiger partial charge in [-0.15, -0.1) is 11.3 Å². The topological polar surface area (TPSA) is 97.6 Å². The molecule has 8 heteroatoms. The van der Waals surface area contributed by atoms with Crippen LogP contribution in [0.1, 0.15) is 46.3 Å². The molecule has 0 bridgehead atoms. The monoisotopic (exact) mass is 376 g/mol. The van der Waals surface area contributed by atoms with E-state index in [-0.39, 0.29) is 13.2 Å². The van der Waals surface area contributed by atoms with Crippen molar-refractivity contribution in [1.29, 1.82) is 0 Å². The van der Waals surface area contributed by atoms with E-state index in [9.17, 15) is 14.4 Å². The minimum Gasteiger partial charge on any atom is -0.467 e. The number of aryl methyl sites for hydroxylation is 1. The highest BCUT2D eigenvalue weighted by atomic mass is 32.1. The lowest BCUT2D eigenvalue weighted by atomic mass is 9.95. The number of fused-ring (bicyclic) bond motifs is 1. The van der Waals surface area contributed by atoms with Crippen molar-refractivity contribution in [3.05, 3.63) is 40.2 Å². The maximum absolute atomic E-state index is 12.4. The summed E-state index contributed by atoms with van der Waals surface area (Å²) in [6, 6.07) is 3.40. The number of thiophene rings is 1. The second-order valence-corrected chi connectivity index (χ2v) is 6.96. The summed E-state index contributed by atoms with van der Waals surface area (Å²) in [4.78, 5) is 37.7. The Bertz CT molecular complexity index is 810. The number of carbonyl (C=O) groups is 3. The zero-order valence-corrected chi connectivity index (χ0v) is 15.2. The van der Waals surface area contributed by atoms with E-state index >= 15 is 0 Å². The van der Waals surface area contributed by atoms with Gasteiger partial charge in [-0.25, -0.2) is 4.79 Å². The predicted molar refractivity (Wildman–Crippen MR) is 96.1 cm³/mol. The molecule has 1 aliphatic carbocycles. The van der Waals surface area contributed by atoms with Crippen molar-refractivity contribution < 1.29 is 23.5 Å². The fourth-order valence-corrected chi connectivity index (χ4v) is 4.17. The number of hydrogen-bond acceptors (Lipinski definition) is 6. The van der Waals surface area contributed by atoms with Crippen LogP contribution >= 0.6 is 11.3 Å². The largest absolute Gasteiger partial charge is 0.467 e. The molecular formula is C18H20N2O5S. The Balaban J connectivity index is 1.73. The van der Waals surface area contributed by atoms with E-state index in [1.165, 1.54) is 17.6 Å². The van der Waals surface area contributed by atoms with Crippen molar-refractivity contribution in [3.8, 4) is 0 Å². The summed E-state index contributed by atoms with van der Waals surface area (Å²) < 4.78 is 10.2. The van der Waals surface area contributed by atoms with Crippen molar-refractivity contribution in [2.75, 3.05) is 11.9 Å². The lowest BCUT2D eigenvalue weighted by Gasteiger charge is -2.12. The quantitative estimate of drug-likeness (QED) is 0.618. The summed E-state index contributed by atoms with van der Waals surface area (Å²) >= 11 is 1.35. The molecule has 0 aromatic carbocycles. The summed E-state index contributed by atoms with van der Waals surface area (Å²) in [7, 11) is 0. The van der Waals surface area contributed by atoms with Gasteiger partial charge in [-0.1, -0.05) is 0 Å². The number of ether oxygens (including phenoxy) is 1. The van der Waals surface area contributed by atoms with Gasteiger partial charge in [0.1, 0.15) is 10.8 Å². The smallest absolute Gasteiger partial charge is 0.341 e. The number of carbonyl (C=O) groups excluding carboxylic acids is 3. The van der Waals surface area contributed by atoms with Gasteiger partial charge in [0, 0.05) is 4.88 Å². The van der Waals surface area contributed by atoms with Gasteiger partial charge in [-0.2, -0.15) is 0 Å². The third-order valence-corrected chi connectivity index (χ3v) is 5.29.